The maximum atomic E-state index is 13.2. The average Bonchev–Trinajstić information content (AvgIpc) is 3.38. The molecule has 3 heterocycles. The smallest absolute Gasteiger partial charge is 0.273 e. The molecule has 0 aliphatic carbocycles. The van der Waals surface area contributed by atoms with Gasteiger partial charge in [-0.1, -0.05) is 36.4 Å². The van der Waals surface area contributed by atoms with Crippen molar-refractivity contribution in [1.29, 1.82) is 0 Å². The number of hydrogen-bond donors (Lipinski definition) is 0. The zero-order valence-electron chi connectivity index (χ0n) is 15.6. The van der Waals surface area contributed by atoms with E-state index in [0.29, 0.717) is 5.69 Å². The van der Waals surface area contributed by atoms with Gasteiger partial charge in [-0.25, -0.2) is 4.98 Å². The Kier molecular flexibility index (Phi) is 4.99. The standard InChI is InChI=1S/C21H19N5OS/c1-25-13-16(12-23-25)20-24-18(14-28-20)21(27)26(2)19(15-8-4-3-5-9-15)17-10-6-7-11-22-17/h3-14,19H,1-2H3. The second-order valence-electron chi connectivity index (χ2n) is 6.42. The van der Waals surface area contributed by atoms with Crippen molar-refractivity contribution in [2.75, 3.05) is 7.05 Å². The highest BCUT2D eigenvalue weighted by Gasteiger charge is 2.27. The van der Waals surface area contributed by atoms with Crippen molar-refractivity contribution in [2.45, 2.75) is 6.04 Å². The molecule has 1 aromatic carbocycles. The van der Waals surface area contributed by atoms with Crippen molar-refractivity contribution in [3.8, 4) is 10.6 Å². The molecule has 140 valence electrons. The lowest BCUT2D eigenvalue weighted by Gasteiger charge is -2.27. The van der Waals surface area contributed by atoms with Crippen LogP contribution in [0.3, 0.4) is 0 Å². The van der Waals surface area contributed by atoms with Gasteiger partial charge in [0.15, 0.2) is 0 Å². The Balaban J connectivity index is 1.66. The lowest BCUT2D eigenvalue weighted by atomic mass is 10.0. The molecule has 28 heavy (non-hydrogen) atoms. The highest BCUT2D eigenvalue weighted by atomic mass is 32.1. The van der Waals surface area contributed by atoms with Crippen LogP contribution < -0.4 is 0 Å². The number of carbonyl (C=O) groups excluding carboxylic acids is 1. The Morgan fingerprint density at radius 3 is 2.61 bits per heavy atom. The summed E-state index contributed by atoms with van der Waals surface area (Å²) in [6, 6.07) is 15.3. The summed E-state index contributed by atoms with van der Waals surface area (Å²) in [6.07, 6.45) is 5.38. The average molecular weight is 389 g/mol. The molecule has 3 aromatic heterocycles. The highest BCUT2D eigenvalue weighted by molar-refractivity contribution is 7.13. The van der Waals surface area contributed by atoms with E-state index in [0.717, 1.165) is 21.8 Å². The molecule has 1 atom stereocenters. The molecule has 7 heteroatoms. The van der Waals surface area contributed by atoms with Gasteiger partial charge in [-0.05, 0) is 17.7 Å². The molecule has 0 saturated carbocycles. The maximum absolute atomic E-state index is 13.2. The van der Waals surface area contributed by atoms with E-state index in [1.807, 2.05) is 61.8 Å². The minimum atomic E-state index is -0.293. The molecule has 4 rings (SSSR count). The van der Waals surface area contributed by atoms with Gasteiger partial charge in [0.1, 0.15) is 10.7 Å². The van der Waals surface area contributed by atoms with E-state index >= 15 is 0 Å². The van der Waals surface area contributed by atoms with E-state index in [2.05, 4.69) is 15.1 Å². The van der Waals surface area contributed by atoms with Crippen molar-refractivity contribution in [3.63, 3.8) is 0 Å². The fourth-order valence-corrected chi connectivity index (χ4v) is 3.87. The monoisotopic (exact) mass is 389 g/mol. The highest BCUT2D eigenvalue weighted by Crippen LogP contribution is 2.29. The number of nitrogens with zero attached hydrogens (tertiary/aromatic N) is 5. The first-order chi connectivity index (χ1) is 13.6. The normalized spacial score (nSPS) is 11.9. The van der Waals surface area contributed by atoms with E-state index < -0.39 is 0 Å². The number of rotatable bonds is 5. The van der Waals surface area contributed by atoms with Crippen LogP contribution in [0.25, 0.3) is 10.6 Å². The van der Waals surface area contributed by atoms with Gasteiger partial charge in [0.2, 0.25) is 0 Å². The summed E-state index contributed by atoms with van der Waals surface area (Å²) in [6.45, 7) is 0. The van der Waals surface area contributed by atoms with Crippen molar-refractivity contribution in [2.24, 2.45) is 7.05 Å². The third kappa shape index (κ3) is 3.57. The van der Waals surface area contributed by atoms with Gasteiger partial charge in [-0.3, -0.25) is 14.5 Å². The summed E-state index contributed by atoms with van der Waals surface area (Å²) in [7, 11) is 3.64. The minimum absolute atomic E-state index is 0.147. The first-order valence-corrected chi connectivity index (χ1v) is 9.69. The third-order valence-electron chi connectivity index (χ3n) is 4.47. The molecular weight excluding hydrogens is 370 g/mol. The van der Waals surface area contributed by atoms with Gasteiger partial charge in [0, 0.05) is 37.4 Å². The molecule has 0 aliphatic rings. The lowest BCUT2D eigenvalue weighted by molar-refractivity contribution is 0.0747. The van der Waals surface area contributed by atoms with Gasteiger partial charge >= 0.3 is 0 Å². The second kappa shape index (κ2) is 7.74. The lowest BCUT2D eigenvalue weighted by Crippen LogP contribution is -2.32. The molecule has 1 unspecified atom stereocenters. The van der Waals surface area contributed by atoms with E-state index in [9.17, 15) is 4.79 Å². The summed E-state index contributed by atoms with van der Waals surface area (Å²) < 4.78 is 1.72. The van der Waals surface area contributed by atoms with Crippen molar-refractivity contribution >= 4 is 17.2 Å². The molecular formula is C21H19N5OS. The number of benzene rings is 1. The molecule has 0 spiro atoms. The first-order valence-electron chi connectivity index (χ1n) is 8.81. The largest absolute Gasteiger partial charge is 0.328 e. The number of amides is 1. The van der Waals surface area contributed by atoms with Crippen LogP contribution in [0.1, 0.15) is 27.8 Å². The van der Waals surface area contributed by atoms with Crippen molar-refractivity contribution in [3.05, 3.63) is 89.5 Å². The van der Waals surface area contributed by atoms with Gasteiger partial charge in [-0.2, -0.15) is 5.10 Å². The Hall–Kier alpha value is -3.32. The van der Waals surface area contributed by atoms with Crippen LogP contribution in [-0.4, -0.2) is 37.6 Å². The minimum Gasteiger partial charge on any atom is -0.328 e. The summed E-state index contributed by atoms with van der Waals surface area (Å²) in [5.41, 5.74) is 3.13. The molecule has 0 N–H and O–H groups in total. The van der Waals surface area contributed by atoms with Crippen LogP contribution in [0, 0.1) is 0 Å². The number of pyridine rings is 1. The SMILES string of the molecule is CN(C(=O)c1csc(-c2cnn(C)c2)n1)C(c1ccccc1)c1ccccn1. The molecule has 0 aliphatic heterocycles. The number of carbonyl (C=O) groups is 1. The maximum Gasteiger partial charge on any atom is 0.273 e. The first kappa shape index (κ1) is 18.1. The van der Waals surface area contributed by atoms with Gasteiger partial charge in [0.05, 0.1) is 17.9 Å². The van der Waals surface area contributed by atoms with E-state index in [1.54, 1.807) is 34.4 Å². The fourth-order valence-electron chi connectivity index (χ4n) is 3.10. The molecule has 0 bridgehead atoms. The van der Waals surface area contributed by atoms with E-state index in [4.69, 9.17) is 0 Å². The van der Waals surface area contributed by atoms with Crippen LogP contribution in [0.4, 0.5) is 0 Å². The van der Waals surface area contributed by atoms with Crippen LogP contribution >= 0.6 is 11.3 Å². The number of hydrogen-bond acceptors (Lipinski definition) is 5. The second-order valence-corrected chi connectivity index (χ2v) is 7.28. The number of aromatic nitrogens is 4. The summed E-state index contributed by atoms with van der Waals surface area (Å²) in [4.78, 5) is 23.9. The molecule has 1 amide bonds. The quantitative estimate of drug-likeness (QED) is 0.521. The van der Waals surface area contributed by atoms with E-state index in [-0.39, 0.29) is 11.9 Å². The van der Waals surface area contributed by atoms with Crippen LogP contribution in [-0.2, 0) is 7.05 Å². The Morgan fingerprint density at radius 1 is 1.14 bits per heavy atom. The topological polar surface area (TPSA) is 63.9 Å². The fraction of sp³-hybridized carbons (Fsp3) is 0.143. The molecule has 0 radical (unpaired) electrons. The van der Waals surface area contributed by atoms with Gasteiger partial charge in [-0.15, -0.1) is 11.3 Å². The van der Waals surface area contributed by atoms with E-state index in [1.165, 1.54) is 11.3 Å². The van der Waals surface area contributed by atoms with Crippen molar-refractivity contribution in [1.82, 2.24) is 24.6 Å². The molecule has 0 saturated heterocycles. The molecule has 4 aromatic rings. The Morgan fingerprint density at radius 2 is 1.93 bits per heavy atom. The summed E-state index contributed by atoms with van der Waals surface area (Å²) >= 11 is 1.44. The molecule has 0 fully saturated rings. The molecule has 6 nitrogen and oxygen atoms in total. The zero-order chi connectivity index (χ0) is 19.5. The summed E-state index contributed by atoms with van der Waals surface area (Å²) in [5.74, 6) is -0.147. The zero-order valence-corrected chi connectivity index (χ0v) is 16.4. The number of thiazole rings is 1. The number of aryl methyl sites for hydroxylation is 1. The summed E-state index contributed by atoms with van der Waals surface area (Å²) in [5, 5.41) is 6.74. The van der Waals surface area contributed by atoms with Crippen LogP contribution in [0.5, 0.6) is 0 Å². The Bertz CT molecular complexity index is 1030. The third-order valence-corrected chi connectivity index (χ3v) is 5.36. The Labute approximate surface area is 167 Å². The van der Waals surface area contributed by atoms with Crippen LogP contribution in [0.15, 0.2) is 72.5 Å². The van der Waals surface area contributed by atoms with Crippen LogP contribution in [0.2, 0.25) is 0 Å². The van der Waals surface area contributed by atoms with Gasteiger partial charge in [0.25, 0.3) is 5.91 Å². The predicted octanol–water partition coefficient (Wildman–Crippen LogP) is 3.80. The predicted molar refractivity (Wildman–Crippen MR) is 109 cm³/mol. The van der Waals surface area contributed by atoms with Crippen molar-refractivity contribution < 1.29 is 4.79 Å². The van der Waals surface area contributed by atoms with Gasteiger partial charge < -0.3 is 4.90 Å².